The Balaban J connectivity index is 2.08. The van der Waals surface area contributed by atoms with Crippen LogP contribution in [0.4, 0.5) is 5.82 Å². The smallest absolute Gasteiger partial charge is 0.265 e. The molecule has 1 N–H and O–H groups in total. The van der Waals surface area contributed by atoms with Gasteiger partial charge in [0.1, 0.15) is 5.82 Å². The average molecular weight is 436 g/mol. The molecule has 0 saturated heterocycles. The first kappa shape index (κ1) is 18.6. The normalized spacial score (nSPS) is 11.5. The highest BCUT2D eigenvalue weighted by Crippen LogP contribution is 2.27. The van der Waals surface area contributed by atoms with Crippen molar-refractivity contribution < 1.29 is 13.5 Å². The summed E-state index contributed by atoms with van der Waals surface area (Å²) < 4.78 is 30.1. The zero-order valence-electron chi connectivity index (χ0n) is 13.9. The molecular weight excluding hydrogens is 418 g/mol. The Labute approximate surface area is 160 Å². The van der Waals surface area contributed by atoms with Gasteiger partial charge in [-0.25, -0.2) is 17.4 Å². The first-order valence-electron chi connectivity index (χ1n) is 8.02. The maximum Gasteiger partial charge on any atom is 0.265 e. The molecule has 6 nitrogen and oxygen atoms in total. The standard InChI is InChI=1S/C18H18BrN3O3S/c19-15-7-9-17(10-8-15)26(24,25)21(13-4-14-23)18-11-12-20-22(18)16-5-2-1-3-6-16/h1-3,5-12,23H,4,13-14H2. The van der Waals surface area contributed by atoms with E-state index in [0.717, 1.165) is 10.2 Å². The van der Waals surface area contributed by atoms with Crippen molar-refractivity contribution >= 4 is 31.8 Å². The molecule has 0 aliphatic carbocycles. The van der Waals surface area contributed by atoms with Crippen molar-refractivity contribution in [3.8, 4) is 5.69 Å². The van der Waals surface area contributed by atoms with E-state index in [4.69, 9.17) is 0 Å². The SMILES string of the molecule is O=S(=O)(c1ccc(Br)cc1)N(CCCO)c1ccnn1-c1ccccc1. The van der Waals surface area contributed by atoms with E-state index in [1.165, 1.54) is 4.31 Å². The van der Waals surface area contributed by atoms with Crippen LogP contribution in [0.1, 0.15) is 6.42 Å². The number of anilines is 1. The van der Waals surface area contributed by atoms with Gasteiger partial charge in [-0.3, -0.25) is 0 Å². The predicted molar refractivity (Wildman–Crippen MR) is 104 cm³/mol. The summed E-state index contributed by atoms with van der Waals surface area (Å²) in [6.45, 7) is 0.0409. The fourth-order valence-corrected chi connectivity index (χ4v) is 4.31. The van der Waals surface area contributed by atoms with Gasteiger partial charge in [-0.1, -0.05) is 34.1 Å². The Morgan fingerprint density at radius 3 is 2.38 bits per heavy atom. The van der Waals surface area contributed by atoms with Crippen LogP contribution in [0.15, 0.2) is 76.2 Å². The van der Waals surface area contributed by atoms with Crippen molar-refractivity contribution in [3.63, 3.8) is 0 Å². The lowest BCUT2D eigenvalue weighted by atomic mass is 10.3. The highest BCUT2D eigenvalue weighted by molar-refractivity contribution is 9.10. The maximum atomic E-state index is 13.2. The van der Waals surface area contributed by atoms with Crippen LogP contribution in [0.25, 0.3) is 5.69 Å². The Hall–Kier alpha value is -2.16. The van der Waals surface area contributed by atoms with Gasteiger partial charge >= 0.3 is 0 Å². The molecule has 0 saturated carbocycles. The summed E-state index contributed by atoms with van der Waals surface area (Å²) in [5.41, 5.74) is 0.757. The molecule has 3 aromatic rings. The van der Waals surface area contributed by atoms with Crippen molar-refractivity contribution in [2.75, 3.05) is 17.5 Å². The number of rotatable bonds is 7. The van der Waals surface area contributed by atoms with Crippen molar-refractivity contribution in [2.24, 2.45) is 0 Å². The lowest BCUT2D eigenvalue weighted by molar-refractivity contribution is 0.291. The van der Waals surface area contributed by atoms with Gasteiger partial charge in [-0.2, -0.15) is 5.10 Å². The van der Waals surface area contributed by atoms with E-state index < -0.39 is 10.0 Å². The molecule has 0 aliphatic rings. The van der Waals surface area contributed by atoms with Crippen LogP contribution in [0, 0.1) is 0 Å². The van der Waals surface area contributed by atoms with E-state index in [1.54, 1.807) is 41.2 Å². The minimum Gasteiger partial charge on any atom is -0.396 e. The number of halogens is 1. The van der Waals surface area contributed by atoms with Crippen molar-refractivity contribution in [1.29, 1.82) is 0 Å². The summed E-state index contributed by atoms with van der Waals surface area (Å²) in [6.07, 6.45) is 1.88. The van der Waals surface area contributed by atoms with Crippen LogP contribution < -0.4 is 4.31 Å². The van der Waals surface area contributed by atoms with Crippen LogP contribution in [0.5, 0.6) is 0 Å². The summed E-state index contributed by atoms with van der Waals surface area (Å²) in [7, 11) is -3.80. The number of hydrogen-bond donors (Lipinski definition) is 1. The lowest BCUT2D eigenvalue weighted by Gasteiger charge is -2.24. The summed E-state index contributed by atoms with van der Waals surface area (Å²) >= 11 is 3.32. The lowest BCUT2D eigenvalue weighted by Crippen LogP contribution is -2.34. The van der Waals surface area contributed by atoms with Gasteiger partial charge < -0.3 is 5.11 Å². The van der Waals surface area contributed by atoms with Crippen LogP contribution in [-0.2, 0) is 10.0 Å². The largest absolute Gasteiger partial charge is 0.396 e. The van der Waals surface area contributed by atoms with Crippen molar-refractivity contribution in [1.82, 2.24) is 9.78 Å². The van der Waals surface area contributed by atoms with Crippen molar-refractivity contribution in [3.05, 3.63) is 71.3 Å². The molecule has 0 spiro atoms. The summed E-state index contributed by atoms with van der Waals surface area (Å²) in [5, 5.41) is 13.5. The zero-order valence-corrected chi connectivity index (χ0v) is 16.3. The Morgan fingerprint density at radius 1 is 1.04 bits per heavy atom. The third-order valence-electron chi connectivity index (χ3n) is 3.80. The first-order chi connectivity index (χ1) is 12.5. The fraction of sp³-hybridized carbons (Fsp3) is 0.167. The molecule has 136 valence electrons. The number of para-hydroxylation sites is 1. The molecule has 0 amide bonds. The topological polar surface area (TPSA) is 75.4 Å². The van der Waals surface area contributed by atoms with E-state index in [1.807, 2.05) is 30.3 Å². The molecule has 0 atom stereocenters. The van der Waals surface area contributed by atoms with Gasteiger partial charge in [0, 0.05) is 23.7 Å². The van der Waals surface area contributed by atoms with E-state index in [-0.39, 0.29) is 18.0 Å². The summed E-state index contributed by atoms with van der Waals surface area (Å²) in [5.74, 6) is 0.424. The molecule has 2 aromatic carbocycles. The van der Waals surface area contributed by atoms with Crippen molar-refractivity contribution in [2.45, 2.75) is 11.3 Å². The van der Waals surface area contributed by atoms with Gasteiger partial charge in [-0.15, -0.1) is 0 Å². The van der Waals surface area contributed by atoms with Crippen LogP contribution in [0.2, 0.25) is 0 Å². The molecule has 0 fully saturated rings. The highest BCUT2D eigenvalue weighted by Gasteiger charge is 2.27. The molecule has 1 heterocycles. The van der Waals surface area contributed by atoms with Crippen LogP contribution in [0.3, 0.4) is 0 Å². The van der Waals surface area contributed by atoms with Gasteiger partial charge in [0.05, 0.1) is 16.8 Å². The minimum atomic E-state index is -3.80. The molecule has 8 heteroatoms. The summed E-state index contributed by atoms with van der Waals surface area (Å²) in [6, 6.07) is 17.4. The predicted octanol–water partition coefficient (Wildman–Crippen LogP) is 3.21. The fourth-order valence-electron chi connectivity index (χ4n) is 2.56. The molecule has 0 unspecified atom stereocenters. The quantitative estimate of drug-likeness (QED) is 0.617. The van der Waals surface area contributed by atoms with Gasteiger partial charge in [0.15, 0.2) is 0 Å². The number of aliphatic hydroxyl groups excluding tert-OH is 1. The molecule has 0 aliphatic heterocycles. The maximum absolute atomic E-state index is 13.2. The number of nitrogens with zero attached hydrogens (tertiary/aromatic N) is 3. The third kappa shape index (κ3) is 3.82. The van der Waals surface area contributed by atoms with E-state index in [2.05, 4.69) is 21.0 Å². The highest BCUT2D eigenvalue weighted by atomic mass is 79.9. The number of aromatic nitrogens is 2. The second kappa shape index (κ2) is 8.03. The number of sulfonamides is 1. The molecule has 0 bridgehead atoms. The van der Waals surface area contributed by atoms with Crippen LogP contribution in [-0.4, -0.2) is 36.5 Å². The number of aliphatic hydroxyl groups is 1. The minimum absolute atomic E-state index is 0.105. The Morgan fingerprint density at radius 2 is 1.73 bits per heavy atom. The number of hydrogen-bond acceptors (Lipinski definition) is 4. The van der Waals surface area contributed by atoms with E-state index in [9.17, 15) is 13.5 Å². The second-order valence-corrected chi connectivity index (χ2v) is 8.32. The van der Waals surface area contributed by atoms with E-state index >= 15 is 0 Å². The molecule has 3 rings (SSSR count). The third-order valence-corrected chi connectivity index (χ3v) is 6.15. The van der Waals surface area contributed by atoms with Gasteiger partial charge in [0.25, 0.3) is 10.0 Å². The Kier molecular flexibility index (Phi) is 5.75. The van der Waals surface area contributed by atoms with Gasteiger partial charge in [-0.05, 0) is 42.8 Å². The van der Waals surface area contributed by atoms with E-state index in [0.29, 0.717) is 12.2 Å². The molecular formula is C18H18BrN3O3S. The Bertz CT molecular complexity index is 957. The second-order valence-electron chi connectivity index (χ2n) is 5.55. The molecule has 0 radical (unpaired) electrons. The number of benzene rings is 2. The average Bonchev–Trinajstić information content (AvgIpc) is 3.12. The van der Waals surface area contributed by atoms with Crippen LogP contribution >= 0.6 is 15.9 Å². The molecule has 26 heavy (non-hydrogen) atoms. The summed E-state index contributed by atoms with van der Waals surface area (Å²) in [4.78, 5) is 0.180. The molecule has 1 aromatic heterocycles. The zero-order chi connectivity index (χ0) is 18.6. The monoisotopic (exact) mass is 435 g/mol. The first-order valence-corrected chi connectivity index (χ1v) is 10.3. The van der Waals surface area contributed by atoms with Gasteiger partial charge in [0.2, 0.25) is 0 Å².